The van der Waals surface area contributed by atoms with E-state index in [9.17, 15) is 0 Å². The number of rotatable bonds is 4. The van der Waals surface area contributed by atoms with Gasteiger partial charge >= 0.3 is 0 Å². The zero-order chi connectivity index (χ0) is 43.1. The molecule has 0 bridgehead atoms. The molecule has 0 saturated carbocycles. The Labute approximate surface area is 380 Å². The number of nitrogens with zero attached hydrogens (tertiary/aromatic N) is 2. The Kier molecular flexibility index (Phi) is 7.15. The summed E-state index contributed by atoms with van der Waals surface area (Å²) in [4.78, 5) is 0. The van der Waals surface area contributed by atoms with E-state index in [-0.39, 0.29) is 0 Å². The standard InChI is InChI=1S/C63H38N2O/c1-7-19-53-45(13-1)52-37-41(39-25-31-43(32-26-39)64-56-20-8-2-14-46(56)47-15-3-9-21-57(47)64)30-36-54(52)63(53)55-38-42(29-35-50(55)62-61(63)51-18-6-12-24-60(51)66-62)40-27-33-44(34-28-40)65-58-22-10-4-16-48(58)49-17-5-11-23-59(49)65/h1-38H. The fourth-order valence-corrected chi connectivity index (χ4v) is 12.0. The number of benzene rings is 10. The maximum atomic E-state index is 6.91. The Morgan fingerprint density at radius 1 is 0.303 bits per heavy atom. The van der Waals surface area contributed by atoms with Crippen molar-refractivity contribution in [3.05, 3.63) is 253 Å². The number of para-hydroxylation sites is 5. The van der Waals surface area contributed by atoms with Crippen molar-refractivity contribution in [1.82, 2.24) is 9.13 Å². The van der Waals surface area contributed by atoms with Gasteiger partial charge in [0.05, 0.1) is 27.5 Å². The minimum absolute atomic E-state index is 0.568. The number of hydrogen-bond donors (Lipinski definition) is 0. The van der Waals surface area contributed by atoms with E-state index >= 15 is 0 Å². The van der Waals surface area contributed by atoms with Crippen LogP contribution in [0.25, 0.3) is 111 Å². The first-order valence-corrected chi connectivity index (χ1v) is 22.8. The second-order valence-electron chi connectivity index (χ2n) is 18.0. The van der Waals surface area contributed by atoms with Gasteiger partial charge < -0.3 is 13.6 Å². The summed E-state index contributed by atoms with van der Waals surface area (Å²) in [5.74, 6) is 0.965. The highest BCUT2D eigenvalue weighted by Gasteiger charge is 2.54. The summed E-state index contributed by atoms with van der Waals surface area (Å²) in [5.41, 5.74) is 21.0. The zero-order valence-electron chi connectivity index (χ0n) is 35.7. The van der Waals surface area contributed by atoms with Crippen LogP contribution in [0.1, 0.15) is 22.3 Å². The fourth-order valence-electron chi connectivity index (χ4n) is 12.0. The van der Waals surface area contributed by atoms with Gasteiger partial charge in [-0.15, -0.1) is 0 Å². The molecule has 0 aliphatic heterocycles. The Morgan fingerprint density at radius 3 is 1.32 bits per heavy atom. The second kappa shape index (κ2) is 13.2. The molecule has 15 rings (SSSR count). The van der Waals surface area contributed by atoms with Crippen LogP contribution in [0.4, 0.5) is 0 Å². The summed E-state index contributed by atoms with van der Waals surface area (Å²) < 4.78 is 11.7. The summed E-state index contributed by atoms with van der Waals surface area (Å²) in [6.07, 6.45) is 0. The summed E-state index contributed by atoms with van der Waals surface area (Å²) in [7, 11) is 0. The van der Waals surface area contributed by atoms with E-state index in [1.807, 2.05) is 0 Å². The van der Waals surface area contributed by atoms with Crippen molar-refractivity contribution < 1.29 is 4.42 Å². The van der Waals surface area contributed by atoms with E-state index in [0.29, 0.717) is 0 Å². The summed E-state index contributed by atoms with van der Waals surface area (Å²) >= 11 is 0. The molecule has 3 heteroatoms. The van der Waals surface area contributed by atoms with Gasteiger partial charge in [0, 0.05) is 49.4 Å². The molecule has 1 atom stereocenters. The van der Waals surface area contributed by atoms with Crippen molar-refractivity contribution >= 4 is 54.6 Å². The lowest BCUT2D eigenvalue weighted by Gasteiger charge is -2.30. The highest BCUT2D eigenvalue weighted by Crippen LogP contribution is 2.65. The molecule has 1 unspecified atom stereocenters. The van der Waals surface area contributed by atoms with Gasteiger partial charge in [0.15, 0.2) is 0 Å². The Balaban J connectivity index is 0.884. The van der Waals surface area contributed by atoms with Gasteiger partial charge in [-0.05, 0) is 117 Å². The maximum Gasteiger partial charge on any atom is 0.140 e. The highest BCUT2D eigenvalue weighted by atomic mass is 16.3. The van der Waals surface area contributed by atoms with Gasteiger partial charge in [-0.3, -0.25) is 0 Å². The van der Waals surface area contributed by atoms with Gasteiger partial charge in [0.2, 0.25) is 0 Å². The Bertz CT molecular complexity index is 4050. The number of aromatic nitrogens is 2. The minimum Gasteiger partial charge on any atom is -0.456 e. The first-order chi connectivity index (χ1) is 32.7. The van der Waals surface area contributed by atoms with E-state index in [2.05, 4.69) is 240 Å². The molecule has 0 radical (unpaired) electrons. The monoisotopic (exact) mass is 838 g/mol. The molecule has 13 aromatic rings. The minimum atomic E-state index is -0.568. The smallest absolute Gasteiger partial charge is 0.140 e. The molecule has 2 aliphatic carbocycles. The number of furan rings is 1. The normalized spacial score (nSPS) is 14.7. The lowest BCUT2D eigenvalue weighted by Crippen LogP contribution is -2.25. The summed E-state index contributed by atoms with van der Waals surface area (Å²) in [6.45, 7) is 0. The molecular formula is C63H38N2O. The van der Waals surface area contributed by atoms with Crippen molar-refractivity contribution in [2.45, 2.75) is 5.41 Å². The Morgan fingerprint density at radius 2 is 0.742 bits per heavy atom. The molecule has 3 aromatic heterocycles. The van der Waals surface area contributed by atoms with Gasteiger partial charge in [-0.2, -0.15) is 0 Å². The van der Waals surface area contributed by atoms with E-state index < -0.39 is 5.41 Å². The quantitative estimate of drug-likeness (QED) is 0.173. The molecular weight excluding hydrogens is 801 g/mol. The van der Waals surface area contributed by atoms with Crippen LogP contribution in [-0.4, -0.2) is 9.13 Å². The highest BCUT2D eigenvalue weighted by molar-refractivity contribution is 6.10. The molecule has 0 N–H and O–H groups in total. The summed E-state index contributed by atoms with van der Waals surface area (Å²) in [5, 5.41) is 6.23. The van der Waals surface area contributed by atoms with Crippen LogP contribution in [0, 0.1) is 0 Å². The van der Waals surface area contributed by atoms with Crippen LogP contribution in [0.3, 0.4) is 0 Å². The molecule has 1 spiro atoms. The molecule has 3 heterocycles. The molecule has 306 valence electrons. The third-order valence-electron chi connectivity index (χ3n) is 14.8. The third-order valence-corrected chi connectivity index (χ3v) is 14.8. The van der Waals surface area contributed by atoms with Crippen molar-refractivity contribution in [2.24, 2.45) is 0 Å². The molecule has 0 fully saturated rings. The lowest BCUT2D eigenvalue weighted by atomic mass is 9.69. The number of hydrogen-bond acceptors (Lipinski definition) is 1. The lowest BCUT2D eigenvalue weighted by molar-refractivity contribution is 0.628. The first kappa shape index (κ1) is 35.8. The molecule has 2 aliphatic rings. The van der Waals surface area contributed by atoms with Crippen LogP contribution < -0.4 is 0 Å². The van der Waals surface area contributed by atoms with Crippen molar-refractivity contribution in [3.8, 4) is 56.1 Å². The van der Waals surface area contributed by atoms with Crippen LogP contribution in [0.5, 0.6) is 0 Å². The largest absolute Gasteiger partial charge is 0.456 e. The average Bonchev–Trinajstić information content (AvgIpc) is 4.17. The van der Waals surface area contributed by atoms with E-state index in [0.717, 1.165) is 33.7 Å². The van der Waals surface area contributed by atoms with Crippen LogP contribution in [-0.2, 0) is 5.41 Å². The predicted octanol–water partition coefficient (Wildman–Crippen LogP) is 16.3. The second-order valence-corrected chi connectivity index (χ2v) is 18.0. The van der Waals surface area contributed by atoms with Crippen LogP contribution >= 0.6 is 0 Å². The van der Waals surface area contributed by atoms with E-state index in [1.54, 1.807) is 0 Å². The maximum absolute atomic E-state index is 6.91. The SMILES string of the molecule is c1ccc2c(c1)-c1cc(-c3ccc(-n4c5ccccc5c5ccccc54)cc3)ccc1C21c2cc(-c3ccc(-n4c5ccccc5c5ccccc54)cc3)ccc2-c2oc3ccccc3c21. The van der Waals surface area contributed by atoms with Crippen LogP contribution in [0.15, 0.2) is 235 Å². The van der Waals surface area contributed by atoms with Gasteiger partial charge in [-0.1, -0.05) is 164 Å². The predicted molar refractivity (Wildman–Crippen MR) is 272 cm³/mol. The number of fused-ring (bicyclic) bond motifs is 18. The van der Waals surface area contributed by atoms with Crippen molar-refractivity contribution in [3.63, 3.8) is 0 Å². The van der Waals surface area contributed by atoms with Gasteiger partial charge in [0.1, 0.15) is 11.3 Å². The van der Waals surface area contributed by atoms with Crippen molar-refractivity contribution in [1.29, 1.82) is 0 Å². The van der Waals surface area contributed by atoms with Gasteiger partial charge in [0.25, 0.3) is 0 Å². The van der Waals surface area contributed by atoms with Gasteiger partial charge in [-0.25, -0.2) is 0 Å². The molecule has 66 heavy (non-hydrogen) atoms. The molecule has 0 saturated heterocycles. The third kappa shape index (κ3) is 4.66. The van der Waals surface area contributed by atoms with Crippen LogP contribution in [0.2, 0.25) is 0 Å². The topological polar surface area (TPSA) is 23.0 Å². The van der Waals surface area contributed by atoms with E-state index in [4.69, 9.17) is 4.42 Å². The molecule has 10 aromatic carbocycles. The average molecular weight is 839 g/mol. The molecule has 0 amide bonds. The zero-order valence-corrected chi connectivity index (χ0v) is 35.7. The fraction of sp³-hybridized carbons (Fsp3) is 0.0159. The molecule has 3 nitrogen and oxygen atoms in total. The van der Waals surface area contributed by atoms with E-state index in [1.165, 1.54) is 99.2 Å². The first-order valence-electron chi connectivity index (χ1n) is 22.8. The van der Waals surface area contributed by atoms with Crippen molar-refractivity contribution in [2.75, 3.05) is 0 Å². The summed E-state index contributed by atoms with van der Waals surface area (Å²) in [6, 6.07) is 84.8. The Hall–Kier alpha value is -8.66.